The van der Waals surface area contributed by atoms with Gasteiger partial charge < -0.3 is 19.0 Å². The van der Waals surface area contributed by atoms with E-state index in [2.05, 4.69) is 4.98 Å². The van der Waals surface area contributed by atoms with Crippen molar-refractivity contribution in [1.29, 1.82) is 0 Å². The molecule has 9 heteroatoms. The van der Waals surface area contributed by atoms with Gasteiger partial charge in [0.05, 0.1) is 30.1 Å². The van der Waals surface area contributed by atoms with E-state index in [1.54, 1.807) is 18.2 Å². The molecular weight excluding hydrogens is 422 g/mol. The summed E-state index contributed by atoms with van der Waals surface area (Å²) in [4.78, 5) is 29.5. The molecule has 150 valence electrons. The van der Waals surface area contributed by atoms with Gasteiger partial charge in [-0.3, -0.25) is 9.59 Å². The third-order valence-corrected chi connectivity index (χ3v) is 5.28. The molecule has 1 fully saturated rings. The maximum absolute atomic E-state index is 13.9. The molecule has 0 bridgehead atoms. The van der Waals surface area contributed by atoms with E-state index < -0.39 is 23.4 Å². The molecule has 3 heterocycles. The van der Waals surface area contributed by atoms with Crippen molar-refractivity contribution in [2.24, 2.45) is 0 Å². The lowest BCUT2D eigenvalue weighted by atomic mass is 10.1. The fraction of sp³-hybridized carbons (Fsp3) is 0.200. The van der Waals surface area contributed by atoms with Gasteiger partial charge in [-0.05, 0) is 36.4 Å². The van der Waals surface area contributed by atoms with Gasteiger partial charge in [-0.1, -0.05) is 23.2 Å². The van der Waals surface area contributed by atoms with Crippen LogP contribution in [0.15, 0.2) is 51.9 Å². The Balaban J connectivity index is 1.56. The summed E-state index contributed by atoms with van der Waals surface area (Å²) in [5.74, 6) is -0.578. The molecule has 0 radical (unpaired) electrons. The first kappa shape index (κ1) is 19.7. The minimum absolute atomic E-state index is 0.00524. The molecule has 1 N–H and O–H groups in total. The van der Waals surface area contributed by atoms with E-state index in [4.69, 9.17) is 32.4 Å². The zero-order valence-electron chi connectivity index (χ0n) is 15.0. The van der Waals surface area contributed by atoms with E-state index in [9.17, 15) is 14.0 Å². The number of nitrogens with zero attached hydrogens (tertiary/aromatic N) is 1. The lowest BCUT2D eigenvalue weighted by Gasteiger charge is -2.33. The number of aromatic nitrogens is 1. The molecule has 1 aromatic carbocycles. The van der Waals surface area contributed by atoms with Gasteiger partial charge in [0, 0.05) is 17.1 Å². The monoisotopic (exact) mass is 436 g/mol. The number of carbonyl (C=O) groups excluding carboxylic acids is 1. The first-order chi connectivity index (χ1) is 13.9. The topological polar surface area (TPSA) is 75.5 Å². The number of morpholine rings is 1. The molecule has 1 aliphatic heterocycles. The van der Waals surface area contributed by atoms with Crippen LogP contribution in [0.2, 0.25) is 10.0 Å². The van der Waals surface area contributed by atoms with E-state index in [-0.39, 0.29) is 28.8 Å². The average molecular weight is 437 g/mol. The molecule has 0 aliphatic carbocycles. The van der Waals surface area contributed by atoms with Gasteiger partial charge in [-0.25, -0.2) is 4.39 Å². The maximum Gasteiger partial charge on any atom is 0.261 e. The fourth-order valence-electron chi connectivity index (χ4n) is 3.19. The fourth-order valence-corrected chi connectivity index (χ4v) is 3.70. The Morgan fingerprint density at radius 2 is 2.03 bits per heavy atom. The second kappa shape index (κ2) is 8.02. The summed E-state index contributed by atoms with van der Waals surface area (Å²) in [6.45, 7) is 0.640. The highest BCUT2D eigenvalue weighted by molar-refractivity contribution is 6.35. The Kier molecular flexibility index (Phi) is 5.45. The zero-order chi connectivity index (χ0) is 20.5. The third kappa shape index (κ3) is 3.94. The van der Waals surface area contributed by atoms with Gasteiger partial charge >= 0.3 is 0 Å². The summed E-state index contributed by atoms with van der Waals surface area (Å²) in [7, 11) is 0. The number of rotatable bonds is 3. The molecule has 1 saturated heterocycles. The molecule has 29 heavy (non-hydrogen) atoms. The van der Waals surface area contributed by atoms with Gasteiger partial charge in [0.2, 0.25) is 0 Å². The number of pyridine rings is 1. The highest BCUT2D eigenvalue weighted by atomic mass is 35.5. The highest BCUT2D eigenvalue weighted by Crippen LogP contribution is 2.32. The van der Waals surface area contributed by atoms with Crippen LogP contribution in [0.3, 0.4) is 0 Å². The summed E-state index contributed by atoms with van der Waals surface area (Å²) < 4.78 is 24.8. The second-order valence-corrected chi connectivity index (χ2v) is 7.30. The number of benzene rings is 1. The molecule has 2 aromatic heterocycles. The number of halogens is 3. The molecule has 1 atom stereocenters. The number of H-pyrrole nitrogens is 1. The Morgan fingerprint density at radius 3 is 2.76 bits per heavy atom. The van der Waals surface area contributed by atoms with E-state index in [0.717, 1.165) is 0 Å². The SMILES string of the molecule is O=C(c1ccc(-c2ccco2)[nH]c1=O)N1CCO[C@@H](c2cc(F)c(Cl)cc2Cl)C1. The molecule has 0 saturated carbocycles. The number of carbonyl (C=O) groups is 1. The Labute approximate surface area is 174 Å². The van der Waals surface area contributed by atoms with Crippen LogP contribution in [0.4, 0.5) is 4.39 Å². The van der Waals surface area contributed by atoms with Crippen molar-refractivity contribution in [1.82, 2.24) is 9.88 Å². The van der Waals surface area contributed by atoms with Gasteiger partial charge in [-0.2, -0.15) is 0 Å². The van der Waals surface area contributed by atoms with E-state index in [1.165, 1.54) is 29.4 Å². The van der Waals surface area contributed by atoms with Crippen LogP contribution in [-0.2, 0) is 4.74 Å². The number of furan rings is 1. The first-order valence-corrected chi connectivity index (χ1v) is 9.52. The molecule has 3 aromatic rings. The molecular formula is C20H15Cl2FN2O4. The van der Waals surface area contributed by atoms with Gasteiger partial charge in [-0.15, -0.1) is 0 Å². The number of nitrogens with one attached hydrogen (secondary N) is 1. The summed E-state index contributed by atoms with van der Waals surface area (Å²) >= 11 is 11.9. The highest BCUT2D eigenvalue weighted by Gasteiger charge is 2.29. The third-order valence-electron chi connectivity index (χ3n) is 4.67. The van der Waals surface area contributed by atoms with Crippen molar-refractivity contribution in [3.05, 3.63) is 80.0 Å². The van der Waals surface area contributed by atoms with Crippen molar-refractivity contribution < 1.29 is 18.3 Å². The number of hydrogen-bond donors (Lipinski definition) is 1. The van der Waals surface area contributed by atoms with E-state index >= 15 is 0 Å². The van der Waals surface area contributed by atoms with Crippen LogP contribution in [0.1, 0.15) is 22.0 Å². The number of aromatic amines is 1. The van der Waals surface area contributed by atoms with Crippen molar-refractivity contribution >= 4 is 29.1 Å². The Hall–Kier alpha value is -2.61. The van der Waals surface area contributed by atoms with Crippen LogP contribution in [0.5, 0.6) is 0 Å². The quantitative estimate of drug-likeness (QED) is 0.621. The lowest BCUT2D eigenvalue weighted by molar-refractivity contribution is -0.0229. The largest absolute Gasteiger partial charge is 0.463 e. The minimum atomic E-state index is -0.631. The van der Waals surface area contributed by atoms with Crippen molar-refractivity contribution in [3.63, 3.8) is 0 Å². The van der Waals surface area contributed by atoms with Gasteiger partial charge in [0.15, 0.2) is 0 Å². The number of amides is 1. The summed E-state index contributed by atoms with van der Waals surface area (Å²) in [6.07, 6.45) is 0.860. The maximum atomic E-state index is 13.9. The minimum Gasteiger partial charge on any atom is -0.463 e. The smallest absolute Gasteiger partial charge is 0.261 e. The van der Waals surface area contributed by atoms with Crippen molar-refractivity contribution in [2.75, 3.05) is 19.7 Å². The van der Waals surface area contributed by atoms with Crippen LogP contribution in [0.25, 0.3) is 11.5 Å². The summed E-state index contributed by atoms with van der Waals surface area (Å²) in [5.41, 5.74) is 0.338. The lowest BCUT2D eigenvalue weighted by Crippen LogP contribution is -2.44. The number of hydrogen-bond acceptors (Lipinski definition) is 4. The second-order valence-electron chi connectivity index (χ2n) is 6.49. The predicted octanol–water partition coefficient (Wildman–Crippen LogP) is 4.29. The number of ether oxygens (including phenoxy) is 1. The predicted molar refractivity (Wildman–Crippen MR) is 106 cm³/mol. The standard InChI is InChI=1S/C20H15Cl2FN2O4/c21-13-9-14(22)15(23)8-12(13)18-10-25(5-7-29-18)20(27)11-3-4-16(24-19(11)26)17-2-1-6-28-17/h1-4,6,8-9,18H,5,7,10H2,(H,24,26)/t18-/m1/s1. The molecule has 6 nitrogen and oxygen atoms in total. The van der Waals surface area contributed by atoms with Gasteiger partial charge in [0.25, 0.3) is 11.5 Å². The molecule has 1 aliphatic rings. The van der Waals surface area contributed by atoms with E-state index in [0.29, 0.717) is 23.6 Å². The summed E-state index contributed by atoms with van der Waals surface area (Å²) in [5, 5.41) is 0.155. The van der Waals surface area contributed by atoms with Crippen molar-refractivity contribution in [3.8, 4) is 11.5 Å². The Bertz CT molecular complexity index is 1110. The van der Waals surface area contributed by atoms with Crippen LogP contribution in [0, 0.1) is 5.82 Å². The molecule has 0 unspecified atom stereocenters. The molecule has 1 amide bonds. The van der Waals surface area contributed by atoms with Crippen molar-refractivity contribution in [2.45, 2.75) is 6.10 Å². The normalized spacial score (nSPS) is 16.8. The molecule has 4 rings (SSSR count). The Morgan fingerprint density at radius 1 is 1.21 bits per heavy atom. The van der Waals surface area contributed by atoms with E-state index in [1.807, 2.05) is 0 Å². The van der Waals surface area contributed by atoms with Crippen LogP contribution < -0.4 is 5.56 Å². The molecule has 0 spiro atoms. The van der Waals surface area contributed by atoms with Gasteiger partial charge in [0.1, 0.15) is 23.2 Å². The first-order valence-electron chi connectivity index (χ1n) is 8.76. The zero-order valence-corrected chi connectivity index (χ0v) is 16.5. The summed E-state index contributed by atoms with van der Waals surface area (Å²) in [6, 6.07) is 8.97. The average Bonchev–Trinajstić information content (AvgIpc) is 3.25. The van der Waals surface area contributed by atoms with Crippen LogP contribution in [-0.4, -0.2) is 35.5 Å². The van der Waals surface area contributed by atoms with Crippen LogP contribution >= 0.6 is 23.2 Å².